The number of hydrogen-bond acceptors (Lipinski definition) is 3. The molecule has 0 radical (unpaired) electrons. The molecule has 9 heavy (non-hydrogen) atoms. The Kier molecular flexibility index (Phi) is 3.77. The lowest BCUT2D eigenvalue weighted by atomic mass is 10.2. The second-order valence-electron chi connectivity index (χ2n) is 2.71. The van der Waals surface area contributed by atoms with Crippen LogP contribution in [0, 0.1) is 0 Å². The van der Waals surface area contributed by atoms with E-state index in [9.17, 15) is 0 Å². The first-order valence-corrected chi connectivity index (χ1v) is 2.89. The SMILES string of the molecule is CC(C)(C)OCOCO. The summed E-state index contributed by atoms with van der Waals surface area (Å²) in [6.07, 6.45) is 0. The smallest absolute Gasteiger partial charge is 0.150 e. The molecule has 0 spiro atoms. The summed E-state index contributed by atoms with van der Waals surface area (Å²) in [5, 5.41) is 8.16. The van der Waals surface area contributed by atoms with Gasteiger partial charge in [-0.3, -0.25) is 0 Å². The van der Waals surface area contributed by atoms with Crippen LogP contribution in [0.3, 0.4) is 0 Å². The minimum Gasteiger partial charge on any atom is -0.371 e. The largest absolute Gasteiger partial charge is 0.371 e. The Bertz CT molecular complexity index is 65.2. The maximum atomic E-state index is 8.16. The Labute approximate surface area is 55.6 Å². The number of rotatable bonds is 3. The lowest BCUT2D eigenvalue weighted by Crippen LogP contribution is -2.20. The van der Waals surface area contributed by atoms with Crippen molar-refractivity contribution >= 4 is 0 Å². The highest BCUT2D eigenvalue weighted by atomic mass is 16.7. The second kappa shape index (κ2) is 3.82. The molecule has 0 bridgehead atoms. The summed E-state index contributed by atoms with van der Waals surface area (Å²) in [7, 11) is 0. The van der Waals surface area contributed by atoms with Crippen molar-refractivity contribution in [1.82, 2.24) is 0 Å². The lowest BCUT2D eigenvalue weighted by molar-refractivity contribution is -0.152. The van der Waals surface area contributed by atoms with Crippen molar-refractivity contribution in [3.63, 3.8) is 0 Å². The van der Waals surface area contributed by atoms with E-state index in [0.29, 0.717) is 0 Å². The van der Waals surface area contributed by atoms with Gasteiger partial charge < -0.3 is 14.6 Å². The van der Waals surface area contributed by atoms with E-state index in [4.69, 9.17) is 9.84 Å². The normalized spacial score (nSPS) is 12.0. The Morgan fingerprint density at radius 1 is 1.33 bits per heavy atom. The lowest BCUT2D eigenvalue weighted by Gasteiger charge is -2.18. The molecular weight excluding hydrogens is 120 g/mol. The predicted molar refractivity (Wildman–Crippen MR) is 33.9 cm³/mol. The van der Waals surface area contributed by atoms with Gasteiger partial charge in [0, 0.05) is 0 Å². The van der Waals surface area contributed by atoms with Gasteiger partial charge in [-0.05, 0) is 20.8 Å². The van der Waals surface area contributed by atoms with Crippen LogP contribution < -0.4 is 0 Å². The molecule has 0 heterocycles. The maximum Gasteiger partial charge on any atom is 0.150 e. The molecule has 0 atom stereocenters. The van der Waals surface area contributed by atoms with Crippen molar-refractivity contribution in [3.05, 3.63) is 0 Å². The average Bonchev–Trinajstić information content (AvgIpc) is 1.63. The standard InChI is InChI=1S/C6H14O3/c1-6(2,3)9-5-8-4-7/h7H,4-5H2,1-3H3. The Morgan fingerprint density at radius 2 is 1.89 bits per heavy atom. The van der Waals surface area contributed by atoms with Crippen molar-refractivity contribution in [2.24, 2.45) is 0 Å². The molecular formula is C6H14O3. The maximum absolute atomic E-state index is 8.16. The molecule has 3 heteroatoms. The molecule has 0 aliphatic carbocycles. The fraction of sp³-hybridized carbons (Fsp3) is 1.00. The van der Waals surface area contributed by atoms with Crippen LogP contribution in [-0.2, 0) is 9.47 Å². The summed E-state index contributed by atoms with van der Waals surface area (Å²) in [5.74, 6) is 0. The summed E-state index contributed by atoms with van der Waals surface area (Å²) in [6.45, 7) is 5.64. The summed E-state index contributed by atoms with van der Waals surface area (Å²) in [6, 6.07) is 0. The van der Waals surface area contributed by atoms with Crippen molar-refractivity contribution in [1.29, 1.82) is 0 Å². The van der Waals surface area contributed by atoms with Gasteiger partial charge in [-0.15, -0.1) is 0 Å². The van der Waals surface area contributed by atoms with Crippen LogP contribution in [0.5, 0.6) is 0 Å². The quantitative estimate of drug-likeness (QED) is 0.456. The zero-order chi connectivity index (χ0) is 7.33. The first kappa shape index (κ1) is 8.88. The molecule has 0 rings (SSSR count). The van der Waals surface area contributed by atoms with E-state index in [1.807, 2.05) is 20.8 Å². The van der Waals surface area contributed by atoms with E-state index in [-0.39, 0.29) is 19.2 Å². The highest BCUT2D eigenvalue weighted by Crippen LogP contribution is 2.05. The highest BCUT2D eigenvalue weighted by molar-refractivity contribution is 4.56. The fourth-order valence-corrected chi connectivity index (χ4v) is 0.256. The molecule has 0 aromatic rings. The molecule has 56 valence electrons. The zero-order valence-electron chi connectivity index (χ0n) is 6.18. The van der Waals surface area contributed by atoms with Crippen molar-refractivity contribution < 1.29 is 14.6 Å². The highest BCUT2D eigenvalue weighted by Gasteiger charge is 2.08. The van der Waals surface area contributed by atoms with E-state index < -0.39 is 0 Å². The van der Waals surface area contributed by atoms with Gasteiger partial charge in [0.25, 0.3) is 0 Å². The van der Waals surface area contributed by atoms with Crippen LogP contribution >= 0.6 is 0 Å². The molecule has 0 amide bonds. The molecule has 0 aliphatic heterocycles. The number of ether oxygens (including phenoxy) is 2. The summed E-state index contributed by atoms with van der Waals surface area (Å²) in [4.78, 5) is 0. The number of aliphatic hydroxyl groups is 1. The third-order valence-electron chi connectivity index (χ3n) is 0.667. The van der Waals surface area contributed by atoms with Crippen LogP contribution in [0.4, 0.5) is 0 Å². The molecule has 0 saturated carbocycles. The van der Waals surface area contributed by atoms with E-state index in [2.05, 4.69) is 4.74 Å². The third-order valence-corrected chi connectivity index (χ3v) is 0.667. The average molecular weight is 134 g/mol. The zero-order valence-corrected chi connectivity index (χ0v) is 6.18. The predicted octanol–water partition coefficient (Wildman–Crippen LogP) is 0.725. The number of hydrogen-bond donors (Lipinski definition) is 1. The first-order valence-electron chi connectivity index (χ1n) is 2.89. The summed E-state index contributed by atoms with van der Waals surface area (Å²) < 4.78 is 9.63. The van der Waals surface area contributed by atoms with E-state index in [0.717, 1.165) is 0 Å². The topological polar surface area (TPSA) is 38.7 Å². The molecule has 1 N–H and O–H groups in total. The Balaban J connectivity index is 3.07. The van der Waals surface area contributed by atoms with Gasteiger partial charge >= 0.3 is 0 Å². The van der Waals surface area contributed by atoms with Crippen LogP contribution in [0.1, 0.15) is 20.8 Å². The molecule has 3 nitrogen and oxygen atoms in total. The van der Waals surface area contributed by atoms with Crippen molar-refractivity contribution in [3.8, 4) is 0 Å². The molecule has 0 aromatic heterocycles. The van der Waals surface area contributed by atoms with Gasteiger partial charge in [0.1, 0.15) is 13.6 Å². The van der Waals surface area contributed by atoms with Crippen LogP contribution in [0.25, 0.3) is 0 Å². The van der Waals surface area contributed by atoms with Gasteiger partial charge in [0.2, 0.25) is 0 Å². The minimum atomic E-state index is -0.282. The Morgan fingerprint density at radius 3 is 2.22 bits per heavy atom. The van der Waals surface area contributed by atoms with Gasteiger partial charge in [-0.25, -0.2) is 0 Å². The van der Waals surface area contributed by atoms with Gasteiger partial charge in [-0.2, -0.15) is 0 Å². The van der Waals surface area contributed by atoms with Gasteiger partial charge in [-0.1, -0.05) is 0 Å². The molecule has 0 fully saturated rings. The molecule has 0 aliphatic rings. The van der Waals surface area contributed by atoms with E-state index in [1.54, 1.807) is 0 Å². The Hall–Kier alpha value is -0.120. The first-order chi connectivity index (χ1) is 4.06. The second-order valence-corrected chi connectivity index (χ2v) is 2.71. The summed E-state index contributed by atoms with van der Waals surface area (Å²) in [5.41, 5.74) is -0.185. The molecule has 0 unspecified atom stereocenters. The summed E-state index contributed by atoms with van der Waals surface area (Å²) >= 11 is 0. The van der Waals surface area contributed by atoms with Crippen molar-refractivity contribution in [2.45, 2.75) is 26.4 Å². The van der Waals surface area contributed by atoms with Crippen molar-refractivity contribution in [2.75, 3.05) is 13.6 Å². The molecule has 0 saturated heterocycles. The van der Waals surface area contributed by atoms with Crippen LogP contribution in [0.2, 0.25) is 0 Å². The number of aliphatic hydroxyl groups excluding tert-OH is 1. The van der Waals surface area contributed by atoms with Crippen LogP contribution in [-0.4, -0.2) is 24.3 Å². The van der Waals surface area contributed by atoms with E-state index in [1.165, 1.54) is 0 Å². The third kappa shape index (κ3) is 7.88. The van der Waals surface area contributed by atoms with Crippen LogP contribution in [0.15, 0.2) is 0 Å². The van der Waals surface area contributed by atoms with Gasteiger partial charge in [0.05, 0.1) is 5.60 Å². The molecule has 0 aromatic carbocycles. The van der Waals surface area contributed by atoms with Gasteiger partial charge in [0.15, 0.2) is 0 Å². The minimum absolute atomic E-state index is 0.153. The van der Waals surface area contributed by atoms with E-state index >= 15 is 0 Å². The monoisotopic (exact) mass is 134 g/mol. The fourth-order valence-electron chi connectivity index (χ4n) is 0.256.